The molecule has 0 aromatic heterocycles. The first-order valence-corrected chi connectivity index (χ1v) is 6.85. The van der Waals surface area contributed by atoms with Crippen LogP contribution < -0.4 is 0 Å². The molecule has 0 amide bonds. The fraction of sp³-hybridized carbons (Fsp3) is 0.333. The predicted octanol–water partition coefficient (Wildman–Crippen LogP) is 1.55. The molecule has 0 N–H and O–H groups in total. The minimum absolute atomic E-state index is 0.564. The van der Waals surface area contributed by atoms with E-state index in [-0.39, 0.29) is 0 Å². The van der Waals surface area contributed by atoms with Gasteiger partial charge < -0.3 is 0 Å². The number of hydrogen-bond acceptors (Lipinski definition) is 2. The summed E-state index contributed by atoms with van der Waals surface area (Å²) in [6.45, 7) is 1.85. The molecular formula is C9H12O2S2. The molecule has 1 rings (SSSR count). The molecule has 2 nitrogen and oxygen atoms in total. The minimum atomic E-state index is -1.06. The van der Waals surface area contributed by atoms with Crippen molar-refractivity contribution >= 4 is 21.6 Å². The van der Waals surface area contributed by atoms with Crippen molar-refractivity contribution in [1.29, 1.82) is 0 Å². The van der Waals surface area contributed by atoms with Crippen LogP contribution in [0.3, 0.4) is 0 Å². The molecule has 1 aromatic carbocycles. The molecule has 4 heteroatoms. The Kier molecular flexibility index (Phi) is 3.81. The van der Waals surface area contributed by atoms with Crippen LogP contribution in [0.2, 0.25) is 0 Å². The van der Waals surface area contributed by atoms with Crippen molar-refractivity contribution in [3.63, 3.8) is 0 Å². The van der Waals surface area contributed by atoms with Gasteiger partial charge in [-0.3, -0.25) is 8.42 Å². The van der Waals surface area contributed by atoms with Gasteiger partial charge in [0.2, 0.25) is 0 Å². The van der Waals surface area contributed by atoms with Crippen molar-refractivity contribution in [2.24, 2.45) is 0 Å². The van der Waals surface area contributed by atoms with Crippen LogP contribution in [0.25, 0.3) is 0 Å². The molecule has 1 aromatic rings. The lowest BCUT2D eigenvalue weighted by Crippen LogP contribution is -2.00. The molecule has 0 spiro atoms. The molecule has 0 fully saturated rings. The lowest BCUT2D eigenvalue weighted by molar-refractivity contribution is 0.677. The van der Waals surface area contributed by atoms with Crippen LogP contribution in [0.4, 0.5) is 0 Å². The van der Waals surface area contributed by atoms with E-state index >= 15 is 0 Å². The minimum Gasteiger partial charge on any atom is -0.255 e. The van der Waals surface area contributed by atoms with Crippen LogP contribution in [0.1, 0.15) is 6.92 Å². The molecule has 0 radical (unpaired) electrons. The maximum Gasteiger partial charge on any atom is 0.0549 e. The van der Waals surface area contributed by atoms with E-state index in [2.05, 4.69) is 0 Å². The molecule has 0 aliphatic carbocycles. The molecule has 0 aliphatic heterocycles. The monoisotopic (exact) mass is 216 g/mol. The summed E-state index contributed by atoms with van der Waals surface area (Å²) in [5.74, 6) is 0.564. The highest BCUT2D eigenvalue weighted by atomic mass is 32.2. The molecule has 2 unspecified atom stereocenters. The molecule has 0 aliphatic rings. The van der Waals surface area contributed by atoms with Crippen molar-refractivity contribution in [2.75, 3.05) is 12.0 Å². The summed E-state index contributed by atoms with van der Waals surface area (Å²) >= 11 is 0. The topological polar surface area (TPSA) is 34.1 Å². The molecule has 0 bridgehead atoms. The first-order chi connectivity index (χ1) is 6.16. The molecular weight excluding hydrogens is 204 g/mol. The van der Waals surface area contributed by atoms with E-state index in [9.17, 15) is 8.42 Å². The van der Waals surface area contributed by atoms with E-state index in [1.165, 1.54) is 0 Å². The lowest BCUT2D eigenvalue weighted by atomic mass is 10.4. The largest absolute Gasteiger partial charge is 0.255 e. The Morgan fingerprint density at radius 3 is 2.15 bits per heavy atom. The zero-order valence-electron chi connectivity index (χ0n) is 7.65. The second kappa shape index (κ2) is 4.67. The number of hydrogen-bond donors (Lipinski definition) is 0. The average molecular weight is 216 g/mol. The van der Waals surface area contributed by atoms with Crippen LogP contribution in [0.5, 0.6) is 0 Å². The van der Waals surface area contributed by atoms with Gasteiger partial charge in [0.25, 0.3) is 0 Å². The van der Waals surface area contributed by atoms with Crippen LogP contribution >= 0.6 is 0 Å². The number of rotatable bonds is 3. The lowest BCUT2D eigenvalue weighted by Gasteiger charge is -2.04. The van der Waals surface area contributed by atoms with E-state index in [0.29, 0.717) is 15.5 Å². The van der Waals surface area contributed by atoms with Crippen molar-refractivity contribution < 1.29 is 8.42 Å². The molecule has 13 heavy (non-hydrogen) atoms. The highest BCUT2D eigenvalue weighted by molar-refractivity contribution is 7.87. The molecule has 2 atom stereocenters. The Hall–Kier alpha value is -0.480. The molecule has 0 heterocycles. The van der Waals surface area contributed by atoms with Gasteiger partial charge in [0, 0.05) is 12.0 Å². The predicted molar refractivity (Wildman–Crippen MR) is 55.7 cm³/mol. The summed E-state index contributed by atoms with van der Waals surface area (Å²) in [7, 11) is -2.07. The third-order valence-electron chi connectivity index (χ3n) is 1.67. The van der Waals surface area contributed by atoms with Gasteiger partial charge in [0.05, 0.1) is 31.4 Å². The zero-order chi connectivity index (χ0) is 9.84. The average Bonchev–Trinajstić information content (AvgIpc) is 2.16. The van der Waals surface area contributed by atoms with E-state index in [1.807, 2.05) is 19.1 Å². The van der Waals surface area contributed by atoms with Crippen LogP contribution in [-0.4, -0.2) is 20.4 Å². The molecule has 0 saturated carbocycles. The van der Waals surface area contributed by atoms with Crippen molar-refractivity contribution in [1.82, 2.24) is 0 Å². The molecule has 72 valence electrons. The summed E-state index contributed by atoms with van der Waals surface area (Å²) in [5.41, 5.74) is 0. The van der Waals surface area contributed by atoms with Crippen molar-refractivity contribution in [3.8, 4) is 0 Å². The normalized spacial score (nSPS) is 15.2. The van der Waals surface area contributed by atoms with Gasteiger partial charge >= 0.3 is 0 Å². The van der Waals surface area contributed by atoms with Gasteiger partial charge in [-0.1, -0.05) is 19.1 Å². The van der Waals surface area contributed by atoms with Gasteiger partial charge in [-0.2, -0.15) is 0 Å². The van der Waals surface area contributed by atoms with Crippen LogP contribution in [-0.2, 0) is 21.6 Å². The Balaban J connectivity index is 3.19. The second-order valence-corrected chi connectivity index (χ2v) is 5.59. The maximum atomic E-state index is 11.5. The maximum absolute atomic E-state index is 11.5. The fourth-order valence-electron chi connectivity index (χ4n) is 1.03. The van der Waals surface area contributed by atoms with Gasteiger partial charge in [-0.05, 0) is 12.1 Å². The second-order valence-electron chi connectivity index (χ2n) is 2.54. The zero-order valence-corrected chi connectivity index (χ0v) is 9.28. The van der Waals surface area contributed by atoms with Gasteiger partial charge in [0.1, 0.15) is 0 Å². The Labute approximate surface area is 83.3 Å². The third-order valence-corrected chi connectivity index (χ3v) is 4.14. The Bertz CT molecular complexity index is 347. The molecule has 0 saturated heterocycles. The van der Waals surface area contributed by atoms with Gasteiger partial charge in [-0.25, -0.2) is 0 Å². The highest BCUT2D eigenvalue weighted by Gasteiger charge is 2.09. The highest BCUT2D eigenvalue weighted by Crippen LogP contribution is 2.16. The summed E-state index contributed by atoms with van der Waals surface area (Å²) in [6.07, 6.45) is 1.60. The Morgan fingerprint density at radius 1 is 1.15 bits per heavy atom. The van der Waals surface area contributed by atoms with Crippen molar-refractivity contribution in [2.45, 2.75) is 16.7 Å². The van der Waals surface area contributed by atoms with E-state index < -0.39 is 21.6 Å². The fourth-order valence-corrected chi connectivity index (χ4v) is 3.12. The smallest absolute Gasteiger partial charge is 0.0549 e. The quantitative estimate of drug-likeness (QED) is 0.768. The summed E-state index contributed by atoms with van der Waals surface area (Å²) in [5, 5.41) is 0. The first-order valence-electron chi connectivity index (χ1n) is 3.97. The third kappa shape index (κ3) is 2.48. The van der Waals surface area contributed by atoms with Gasteiger partial charge in [0.15, 0.2) is 0 Å². The van der Waals surface area contributed by atoms with E-state index in [0.717, 1.165) is 0 Å². The summed E-state index contributed by atoms with van der Waals surface area (Å²) < 4.78 is 22.8. The van der Waals surface area contributed by atoms with Gasteiger partial charge in [-0.15, -0.1) is 0 Å². The summed E-state index contributed by atoms with van der Waals surface area (Å²) in [6, 6.07) is 7.17. The Morgan fingerprint density at radius 2 is 1.69 bits per heavy atom. The standard InChI is InChI=1S/C9H12O2S2/c1-3-13(11)9-7-5-4-6-8(9)12(2)10/h4-7H,3H2,1-2H3. The SMILES string of the molecule is CCS(=O)c1ccccc1S(C)=O. The van der Waals surface area contributed by atoms with Crippen LogP contribution in [0, 0.1) is 0 Å². The number of benzene rings is 1. The first kappa shape index (κ1) is 10.6. The van der Waals surface area contributed by atoms with E-state index in [4.69, 9.17) is 0 Å². The van der Waals surface area contributed by atoms with Crippen molar-refractivity contribution in [3.05, 3.63) is 24.3 Å². The van der Waals surface area contributed by atoms with Crippen LogP contribution in [0.15, 0.2) is 34.1 Å². The van der Waals surface area contributed by atoms with E-state index in [1.54, 1.807) is 18.4 Å². The summed E-state index contributed by atoms with van der Waals surface area (Å²) in [4.78, 5) is 1.38.